The molecule has 3 heterocycles. The maximum Gasteiger partial charge on any atom is 0.408 e. The number of H-pyrrole nitrogens is 1. The van der Waals surface area contributed by atoms with Crippen molar-refractivity contribution in [3.63, 3.8) is 0 Å². The highest BCUT2D eigenvalue weighted by molar-refractivity contribution is 7.26. The second kappa shape index (κ2) is 10.6. The minimum atomic E-state index is -0.952. The molecule has 1 aliphatic carbocycles. The Hall–Kier alpha value is -4.41. The number of hydrogen-bond donors (Lipinski definition) is 3. The first-order valence-electron chi connectivity index (χ1n) is 14.9. The Bertz CT molecular complexity index is 2000. The Kier molecular flexibility index (Phi) is 6.86. The van der Waals surface area contributed by atoms with Crippen LogP contribution in [0.5, 0.6) is 0 Å². The highest BCUT2D eigenvalue weighted by Gasteiger charge is 2.52. The van der Waals surface area contributed by atoms with E-state index in [1.54, 1.807) is 38.2 Å². The summed E-state index contributed by atoms with van der Waals surface area (Å²) in [6, 6.07) is 19.6. The van der Waals surface area contributed by atoms with Crippen LogP contribution in [0, 0.1) is 0 Å². The van der Waals surface area contributed by atoms with Crippen LogP contribution < -0.4 is 21.0 Å². The molecule has 0 radical (unpaired) electrons. The molecule has 3 aromatic carbocycles. The average Bonchev–Trinajstić information content (AvgIpc) is 3.68. The van der Waals surface area contributed by atoms with E-state index in [2.05, 4.69) is 38.7 Å². The molecule has 3 N–H and O–H groups in total. The van der Waals surface area contributed by atoms with Gasteiger partial charge >= 0.3 is 6.09 Å². The van der Waals surface area contributed by atoms with E-state index in [9.17, 15) is 14.4 Å². The van der Waals surface area contributed by atoms with Crippen LogP contribution in [0.25, 0.3) is 42.2 Å². The van der Waals surface area contributed by atoms with E-state index in [4.69, 9.17) is 9.47 Å². The first kappa shape index (κ1) is 28.4. The average molecular weight is 611 g/mol. The number of aromatic nitrogens is 1. The lowest BCUT2D eigenvalue weighted by Gasteiger charge is -2.28. The molecular weight excluding hydrogens is 576 g/mol. The van der Waals surface area contributed by atoms with Gasteiger partial charge in [-0.2, -0.15) is 0 Å². The monoisotopic (exact) mass is 610 g/mol. The molecule has 0 unspecified atom stereocenters. The predicted molar refractivity (Wildman–Crippen MR) is 176 cm³/mol. The number of pyridine rings is 1. The number of ether oxygens (including phenoxy) is 2. The number of alkyl carbamates (subject to hydrolysis) is 1. The van der Waals surface area contributed by atoms with Gasteiger partial charge in [0.25, 0.3) is 0 Å². The summed E-state index contributed by atoms with van der Waals surface area (Å²) < 4.78 is 13.1. The largest absolute Gasteiger partial charge is 0.444 e. The van der Waals surface area contributed by atoms with Crippen molar-refractivity contribution in [2.45, 2.75) is 44.8 Å². The molecule has 0 atom stereocenters. The summed E-state index contributed by atoms with van der Waals surface area (Å²) in [4.78, 5) is 44.6. The molecule has 1 aliphatic heterocycles. The lowest BCUT2D eigenvalue weighted by Crippen LogP contribution is -2.47. The van der Waals surface area contributed by atoms with Crippen LogP contribution in [0.3, 0.4) is 0 Å². The van der Waals surface area contributed by atoms with Crippen LogP contribution in [0.1, 0.15) is 33.6 Å². The lowest BCUT2D eigenvalue weighted by atomic mass is 9.99. The summed E-state index contributed by atoms with van der Waals surface area (Å²) in [5, 5.41) is 8.52. The first-order valence-corrected chi connectivity index (χ1v) is 15.7. The summed E-state index contributed by atoms with van der Waals surface area (Å²) in [6.07, 6.45) is 0.528. The zero-order valence-corrected chi connectivity index (χ0v) is 25.7. The second-order valence-electron chi connectivity index (χ2n) is 12.5. The maximum atomic E-state index is 13.3. The number of fused-ring (bicyclic) bond motifs is 4. The molecule has 226 valence electrons. The van der Waals surface area contributed by atoms with Gasteiger partial charge in [0.1, 0.15) is 17.0 Å². The van der Waals surface area contributed by atoms with Gasteiger partial charge in [-0.25, -0.2) is 4.79 Å². The van der Waals surface area contributed by atoms with Gasteiger partial charge in [0.05, 0.1) is 18.7 Å². The van der Waals surface area contributed by atoms with Gasteiger partial charge in [0.2, 0.25) is 5.91 Å². The fourth-order valence-electron chi connectivity index (χ4n) is 5.83. The van der Waals surface area contributed by atoms with E-state index in [1.165, 1.54) is 0 Å². The number of hydrogen-bond acceptors (Lipinski definition) is 7. The van der Waals surface area contributed by atoms with Crippen molar-refractivity contribution in [1.29, 1.82) is 0 Å². The third kappa shape index (κ3) is 5.28. The van der Waals surface area contributed by atoms with Crippen LogP contribution >= 0.6 is 11.3 Å². The van der Waals surface area contributed by atoms with Gasteiger partial charge in [-0.3, -0.25) is 9.59 Å². The van der Waals surface area contributed by atoms with Crippen molar-refractivity contribution in [3.05, 3.63) is 70.9 Å². The molecule has 1 saturated heterocycles. The van der Waals surface area contributed by atoms with Gasteiger partial charge in [0.15, 0.2) is 5.43 Å². The minimum Gasteiger partial charge on any atom is -0.444 e. The van der Waals surface area contributed by atoms with E-state index < -0.39 is 17.2 Å². The Morgan fingerprint density at radius 3 is 2.41 bits per heavy atom. The minimum absolute atomic E-state index is 0.0133. The Labute approximate surface area is 258 Å². The highest BCUT2D eigenvalue weighted by Crippen LogP contribution is 2.43. The Morgan fingerprint density at radius 2 is 1.68 bits per heavy atom. The zero-order chi connectivity index (χ0) is 30.6. The van der Waals surface area contributed by atoms with Crippen molar-refractivity contribution in [1.82, 2.24) is 10.3 Å². The lowest BCUT2D eigenvalue weighted by molar-refractivity contribution is -0.119. The van der Waals surface area contributed by atoms with E-state index >= 15 is 0 Å². The van der Waals surface area contributed by atoms with E-state index in [1.807, 2.05) is 36.4 Å². The van der Waals surface area contributed by atoms with Crippen LogP contribution in [0.2, 0.25) is 0 Å². The maximum absolute atomic E-state index is 13.3. The molecule has 10 heteroatoms. The number of rotatable bonds is 5. The SMILES string of the molecule is CC(C)(C)OC(=O)NC1(C(=O)Nc2ccc3sc4c(-c5cccc6c(=O)cc(N7CCOCC7)[nH]c56)cccc4c3c2)CC1. The van der Waals surface area contributed by atoms with Crippen LogP contribution in [-0.2, 0) is 14.3 Å². The van der Waals surface area contributed by atoms with Gasteiger partial charge in [0, 0.05) is 61.5 Å². The normalized spacial score (nSPS) is 16.3. The molecule has 1 saturated carbocycles. The number of nitrogens with one attached hydrogen (secondary N) is 3. The summed E-state index contributed by atoms with van der Waals surface area (Å²) >= 11 is 1.68. The summed E-state index contributed by atoms with van der Waals surface area (Å²) in [6.45, 7) is 8.10. The third-order valence-corrected chi connectivity index (χ3v) is 9.39. The summed E-state index contributed by atoms with van der Waals surface area (Å²) in [7, 11) is 0. The molecule has 44 heavy (non-hydrogen) atoms. The predicted octanol–water partition coefficient (Wildman–Crippen LogP) is 6.40. The molecule has 0 bridgehead atoms. The van der Waals surface area contributed by atoms with Crippen molar-refractivity contribution < 1.29 is 19.1 Å². The smallest absolute Gasteiger partial charge is 0.408 e. The van der Waals surface area contributed by atoms with Crippen molar-refractivity contribution in [3.8, 4) is 11.1 Å². The van der Waals surface area contributed by atoms with Gasteiger partial charge in [-0.05, 0) is 57.9 Å². The number of para-hydroxylation sites is 1. The number of anilines is 2. The van der Waals surface area contributed by atoms with Crippen LogP contribution in [-0.4, -0.2) is 54.4 Å². The number of carbonyl (C=O) groups is 2. The number of nitrogens with zero attached hydrogens (tertiary/aromatic N) is 1. The number of morpholine rings is 1. The zero-order valence-electron chi connectivity index (χ0n) is 24.9. The topological polar surface area (TPSA) is 113 Å². The molecule has 9 nitrogen and oxygen atoms in total. The fourth-order valence-corrected chi connectivity index (χ4v) is 7.04. The first-order chi connectivity index (χ1) is 21.1. The van der Waals surface area contributed by atoms with Crippen molar-refractivity contribution in [2.75, 3.05) is 36.5 Å². The van der Waals surface area contributed by atoms with Gasteiger partial charge < -0.3 is 30.0 Å². The standard InChI is InChI=1S/C34H34N4O5S/c1-33(2,3)43-32(41)37-34(12-13-34)31(40)35-20-10-11-27-25(18-20)23-8-5-7-22(30(23)44-27)21-6-4-9-24-26(39)19-28(36-29(21)24)38-14-16-42-17-15-38/h4-11,18-19H,12-17H2,1-3H3,(H,35,40)(H,36,39)(H,37,41). The number of thiophene rings is 1. The number of carbonyl (C=O) groups excluding carboxylic acids is 2. The Balaban J connectivity index is 1.23. The van der Waals surface area contributed by atoms with Crippen molar-refractivity contribution in [2.24, 2.45) is 0 Å². The highest BCUT2D eigenvalue weighted by atomic mass is 32.1. The van der Waals surface area contributed by atoms with E-state index in [-0.39, 0.29) is 11.3 Å². The summed E-state index contributed by atoms with van der Waals surface area (Å²) in [5.41, 5.74) is 1.86. The number of aromatic amines is 1. The molecule has 2 amide bonds. The van der Waals surface area contributed by atoms with Gasteiger partial charge in [-0.1, -0.05) is 30.3 Å². The quantitative estimate of drug-likeness (QED) is 0.212. The second-order valence-corrected chi connectivity index (χ2v) is 13.6. The van der Waals surface area contributed by atoms with E-state index in [0.717, 1.165) is 55.7 Å². The molecule has 0 spiro atoms. The molecule has 2 fully saturated rings. The van der Waals surface area contributed by atoms with Crippen molar-refractivity contribution >= 4 is 65.9 Å². The fraction of sp³-hybridized carbons (Fsp3) is 0.324. The number of benzene rings is 3. The molecule has 7 rings (SSSR count). The molecule has 2 aromatic heterocycles. The van der Waals surface area contributed by atoms with E-state index in [0.29, 0.717) is 37.1 Å². The van der Waals surface area contributed by atoms with Crippen LogP contribution in [0.4, 0.5) is 16.3 Å². The Morgan fingerprint density at radius 1 is 0.955 bits per heavy atom. The molecule has 5 aromatic rings. The third-order valence-electron chi connectivity index (χ3n) is 8.17. The summed E-state index contributed by atoms with van der Waals surface area (Å²) in [5.74, 6) is 0.551. The van der Waals surface area contributed by atoms with Crippen LogP contribution in [0.15, 0.2) is 65.5 Å². The molecule has 2 aliphatic rings. The molecular formula is C34H34N4O5S. The number of amides is 2. The van der Waals surface area contributed by atoms with Gasteiger partial charge in [-0.15, -0.1) is 11.3 Å².